The summed E-state index contributed by atoms with van der Waals surface area (Å²) in [5, 5.41) is 7.95. The molecule has 0 aliphatic carbocycles. The fraction of sp³-hybridized carbons (Fsp3) is 0.778. The zero-order chi connectivity index (χ0) is 17.0. The highest BCUT2D eigenvalue weighted by molar-refractivity contribution is 14.0. The fourth-order valence-electron chi connectivity index (χ4n) is 3.51. The Morgan fingerprint density at radius 3 is 2.62 bits per heavy atom. The van der Waals surface area contributed by atoms with Crippen LogP contribution in [-0.4, -0.2) is 40.3 Å². The maximum absolute atomic E-state index is 4.89. The van der Waals surface area contributed by atoms with Gasteiger partial charge in [0.2, 0.25) is 0 Å². The van der Waals surface area contributed by atoms with Crippen molar-refractivity contribution in [3.8, 4) is 0 Å². The molecule has 0 radical (unpaired) electrons. The predicted octanol–water partition coefficient (Wildman–Crippen LogP) is 3.49. The Balaban J connectivity index is 0.00000288. The first-order valence-electron chi connectivity index (χ1n) is 8.94. The highest BCUT2D eigenvalue weighted by Gasteiger charge is 2.25. The molecule has 1 aliphatic heterocycles. The van der Waals surface area contributed by atoms with Gasteiger partial charge < -0.3 is 10.2 Å². The maximum Gasteiger partial charge on any atom is 0.194 e. The first kappa shape index (κ1) is 21.3. The fourth-order valence-corrected chi connectivity index (χ4v) is 3.51. The van der Waals surface area contributed by atoms with E-state index in [2.05, 4.69) is 49.9 Å². The van der Waals surface area contributed by atoms with E-state index < -0.39 is 0 Å². The van der Waals surface area contributed by atoms with Crippen LogP contribution in [0.5, 0.6) is 0 Å². The zero-order valence-corrected chi connectivity index (χ0v) is 18.4. The molecule has 0 amide bonds. The molecule has 1 saturated heterocycles. The Bertz CT molecular complexity index is 550. The van der Waals surface area contributed by atoms with E-state index in [0.717, 1.165) is 43.1 Å². The standard InChI is InChI=1S/C18H33N5.HI/c1-7-19-18(23-9-8-16(12-23)10-13(2)3)20-11-17-14(4)21-22(6)15(17)5;/h13,16H,7-12H2,1-6H3,(H,19,20);1H. The van der Waals surface area contributed by atoms with Gasteiger partial charge in [-0.15, -0.1) is 24.0 Å². The van der Waals surface area contributed by atoms with E-state index >= 15 is 0 Å². The summed E-state index contributed by atoms with van der Waals surface area (Å²) < 4.78 is 1.95. The number of aryl methyl sites for hydroxylation is 2. The van der Waals surface area contributed by atoms with Gasteiger partial charge in [-0.25, -0.2) is 4.99 Å². The monoisotopic (exact) mass is 447 g/mol. The van der Waals surface area contributed by atoms with E-state index in [9.17, 15) is 0 Å². The van der Waals surface area contributed by atoms with E-state index in [1.54, 1.807) is 0 Å². The lowest BCUT2D eigenvalue weighted by molar-refractivity contribution is 0.403. The van der Waals surface area contributed by atoms with Crippen LogP contribution in [-0.2, 0) is 13.6 Å². The second-order valence-corrected chi connectivity index (χ2v) is 7.17. The van der Waals surface area contributed by atoms with Gasteiger partial charge in [-0.1, -0.05) is 13.8 Å². The number of hydrogen-bond donors (Lipinski definition) is 1. The molecule has 1 aliphatic rings. The molecule has 2 heterocycles. The van der Waals surface area contributed by atoms with Crippen molar-refractivity contribution in [2.75, 3.05) is 19.6 Å². The third kappa shape index (κ3) is 5.36. The van der Waals surface area contributed by atoms with E-state index in [0.29, 0.717) is 6.54 Å². The number of aliphatic imine (C=N–C) groups is 1. The van der Waals surface area contributed by atoms with Crippen molar-refractivity contribution in [1.29, 1.82) is 0 Å². The van der Waals surface area contributed by atoms with Crippen LogP contribution >= 0.6 is 24.0 Å². The number of hydrogen-bond acceptors (Lipinski definition) is 2. The predicted molar refractivity (Wildman–Crippen MR) is 112 cm³/mol. The third-order valence-electron chi connectivity index (χ3n) is 4.77. The van der Waals surface area contributed by atoms with Gasteiger partial charge in [-0.05, 0) is 45.4 Å². The smallest absolute Gasteiger partial charge is 0.194 e. The van der Waals surface area contributed by atoms with E-state index in [1.165, 1.54) is 24.1 Å². The Kier molecular flexibility index (Phi) is 8.53. The molecule has 5 nitrogen and oxygen atoms in total. The van der Waals surface area contributed by atoms with Crippen molar-refractivity contribution in [3.63, 3.8) is 0 Å². The van der Waals surface area contributed by atoms with E-state index in [4.69, 9.17) is 4.99 Å². The number of guanidine groups is 1. The highest BCUT2D eigenvalue weighted by Crippen LogP contribution is 2.23. The number of likely N-dealkylation sites (tertiary alicyclic amines) is 1. The Morgan fingerprint density at radius 2 is 2.08 bits per heavy atom. The molecular formula is C18H34IN5. The van der Waals surface area contributed by atoms with Crippen LogP contribution in [0.4, 0.5) is 0 Å². The summed E-state index contributed by atoms with van der Waals surface area (Å²) in [6.07, 6.45) is 2.60. The van der Waals surface area contributed by atoms with Gasteiger partial charge in [0.05, 0.1) is 12.2 Å². The number of nitrogens with zero attached hydrogens (tertiary/aromatic N) is 4. The van der Waals surface area contributed by atoms with Gasteiger partial charge in [0.15, 0.2) is 5.96 Å². The molecule has 1 atom stereocenters. The summed E-state index contributed by atoms with van der Waals surface area (Å²) >= 11 is 0. The van der Waals surface area contributed by atoms with Crippen molar-refractivity contribution in [1.82, 2.24) is 20.0 Å². The van der Waals surface area contributed by atoms with Gasteiger partial charge >= 0.3 is 0 Å². The second kappa shape index (κ2) is 9.63. The first-order chi connectivity index (χ1) is 10.9. The van der Waals surface area contributed by atoms with Crippen LogP contribution in [0.1, 0.15) is 50.6 Å². The lowest BCUT2D eigenvalue weighted by atomic mass is 9.97. The van der Waals surface area contributed by atoms with Crippen LogP contribution in [0.2, 0.25) is 0 Å². The van der Waals surface area contributed by atoms with Crippen molar-refractivity contribution < 1.29 is 0 Å². The van der Waals surface area contributed by atoms with Crippen LogP contribution in [0.3, 0.4) is 0 Å². The lowest BCUT2D eigenvalue weighted by Gasteiger charge is -2.22. The minimum Gasteiger partial charge on any atom is -0.357 e. The van der Waals surface area contributed by atoms with Gasteiger partial charge in [0, 0.05) is 37.9 Å². The summed E-state index contributed by atoms with van der Waals surface area (Å²) in [6, 6.07) is 0. The van der Waals surface area contributed by atoms with Gasteiger partial charge in [-0.2, -0.15) is 5.10 Å². The van der Waals surface area contributed by atoms with Crippen LogP contribution < -0.4 is 5.32 Å². The Morgan fingerprint density at radius 1 is 1.38 bits per heavy atom. The van der Waals surface area contributed by atoms with Crippen molar-refractivity contribution in [2.24, 2.45) is 23.9 Å². The van der Waals surface area contributed by atoms with Crippen molar-refractivity contribution in [3.05, 3.63) is 17.0 Å². The molecule has 0 spiro atoms. The molecular weight excluding hydrogens is 413 g/mol. The second-order valence-electron chi connectivity index (χ2n) is 7.17. The number of rotatable bonds is 5. The summed E-state index contributed by atoms with van der Waals surface area (Å²) in [5.41, 5.74) is 3.55. The zero-order valence-electron chi connectivity index (χ0n) is 16.1. The average molecular weight is 447 g/mol. The average Bonchev–Trinajstić information content (AvgIpc) is 3.01. The summed E-state index contributed by atoms with van der Waals surface area (Å²) in [6.45, 7) is 14.8. The summed E-state index contributed by atoms with van der Waals surface area (Å²) in [4.78, 5) is 7.32. The third-order valence-corrected chi connectivity index (χ3v) is 4.77. The molecule has 0 bridgehead atoms. The highest BCUT2D eigenvalue weighted by atomic mass is 127. The Hall–Kier alpha value is -0.790. The quantitative estimate of drug-likeness (QED) is 0.427. The normalized spacial score (nSPS) is 18.2. The summed E-state index contributed by atoms with van der Waals surface area (Å²) in [5.74, 6) is 2.64. The molecule has 1 fully saturated rings. The van der Waals surface area contributed by atoms with Gasteiger partial charge in [-0.3, -0.25) is 4.68 Å². The SMILES string of the molecule is CCNC(=NCc1c(C)nn(C)c1C)N1CCC(CC(C)C)C1.I. The first-order valence-corrected chi connectivity index (χ1v) is 8.94. The topological polar surface area (TPSA) is 45.5 Å². The molecule has 0 saturated carbocycles. The maximum atomic E-state index is 4.89. The molecule has 6 heteroatoms. The number of aromatic nitrogens is 2. The minimum atomic E-state index is 0. The molecule has 1 unspecified atom stereocenters. The molecule has 2 rings (SSSR count). The lowest BCUT2D eigenvalue weighted by Crippen LogP contribution is -2.40. The van der Waals surface area contributed by atoms with Crippen molar-refractivity contribution >= 4 is 29.9 Å². The number of halogens is 1. The van der Waals surface area contributed by atoms with Crippen LogP contribution in [0.25, 0.3) is 0 Å². The molecule has 1 N–H and O–H groups in total. The molecule has 138 valence electrons. The minimum absolute atomic E-state index is 0. The Labute approximate surface area is 164 Å². The van der Waals surface area contributed by atoms with Crippen LogP contribution in [0, 0.1) is 25.7 Å². The molecule has 0 aromatic carbocycles. The molecule has 1 aromatic heterocycles. The van der Waals surface area contributed by atoms with Crippen LogP contribution in [0.15, 0.2) is 4.99 Å². The van der Waals surface area contributed by atoms with Gasteiger partial charge in [0.25, 0.3) is 0 Å². The van der Waals surface area contributed by atoms with E-state index in [-0.39, 0.29) is 24.0 Å². The largest absolute Gasteiger partial charge is 0.357 e. The van der Waals surface area contributed by atoms with Gasteiger partial charge in [0.1, 0.15) is 0 Å². The van der Waals surface area contributed by atoms with Crippen molar-refractivity contribution in [2.45, 2.75) is 54.0 Å². The van der Waals surface area contributed by atoms with E-state index in [1.807, 2.05) is 11.7 Å². The molecule has 24 heavy (non-hydrogen) atoms. The molecule has 1 aromatic rings. The summed E-state index contributed by atoms with van der Waals surface area (Å²) in [7, 11) is 2.00. The number of nitrogens with one attached hydrogen (secondary N) is 1.